The van der Waals surface area contributed by atoms with E-state index in [1.165, 1.54) is 0 Å². The average molecular weight is 626 g/mol. The Kier molecular flexibility index (Phi) is 8.92. The van der Waals surface area contributed by atoms with Crippen LogP contribution < -0.4 is 5.73 Å². The van der Waals surface area contributed by atoms with Crippen LogP contribution in [0.4, 0.5) is 5.69 Å². The van der Waals surface area contributed by atoms with Crippen LogP contribution in [0.1, 0.15) is 44.5 Å². The summed E-state index contributed by atoms with van der Waals surface area (Å²) < 4.78 is 0. The van der Waals surface area contributed by atoms with Crippen molar-refractivity contribution in [3.05, 3.63) is 245 Å². The molecule has 0 spiro atoms. The number of hydrogen-bond donors (Lipinski definition) is 1. The van der Waals surface area contributed by atoms with Gasteiger partial charge in [-0.25, -0.2) is 0 Å². The van der Waals surface area contributed by atoms with E-state index in [4.69, 9.17) is 5.73 Å². The second-order valence-electron chi connectivity index (χ2n) is 12.0. The third-order valence-electron chi connectivity index (χ3n) is 9.07. The first-order chi connectivity index (χ1) is 24.2. The Morgan fingerprint density at radius 1 is 0.327 bits per heavy atom. The van der Waals surface area contributed by atoms with Crippen LogP contribution in [-0.4, -0.2) is 0 Å². The number of rotatable bonds is 6. The predicted molar refractivity (Wildman–Crippen MR) is 203 cm³/mol. The lowest BCUT2D eigenvalue weighted by Crippen LogP contribution is -2.27. The molecule has 0 saturated heterocycles. The van der Waals surface area contributed by atoms with Gasteiger partial charge in [0.05, 0.1) is 0 Å². The van der Waals surface area contributed by atoms with Gasteiger partial charge in [-0.15, -0.1) is 0 Å². The summed E-state index contributed by atoms with van der Waals surface area (Å²) in [6.07, 6.45) is 0. The van der Waals surface area contributed by atoms with Gasteiger partial charge in [-0.1, -0.05) is 206 Å². The summed E-state index contributed by atoms with van der Waals surface area (Å²) >= 11 is 0. The molecule has 0 amide bonds. The summed E-state index contributed by atoms with van der Waals surface area (Å²) in [4.78, 5) is 0. The first kappa shape index (κ1) is 31.1. The second kappa shape index (κ2) is 14.1. The van der Waals surface area contributed by atoms with E-state index in [0.717, 1.165) is 44.5 Å². The molecule has 0 bridgehead atoms. The lowest BCUT2D eigenvalue weighted by atomic mass is 9.70. The van der Waals surface area contributed by atoms with Gasteiger partial charge in [0, 0.05) is 16.8 Å². The van der Waals surface area contributed by atoms with Gasteiger partial charge in [0.25, 0.3) is 0 Å². The molecule has 1 nitrogen and oxygen atoms in total. The normalized spacial score (nSPS) is 11.0. The highest BCUT2D eigenvalue weighted by Crippen LogP contribution is 2.40. The summed E-state index contributed by atoms with van der Waals surface area (Å²) in [6.45, 7) is 0. The molecule has 0 unspecified atom stereocenters. The van der Waals surface area contributed by atoms with Crippen LogP contribution in [0.2, 0.25) is 0 Å². The van der Waals surface area contributed by atoms with Crippen LogP contribution >= 0.6 is 0 Å². The molecule has 7 aromatic carbocycles. The van der Waals surface area contributed by atoms with Crippen molar-refractivity contribution in [1.82, 2.24) is 0 Å². The summed E-state index contributed by atoms with van der Waals surface area (Å²) in [7, 11) is 0. The largest absolute Gasteiger partial charge is 0.398 e. The number of anilines is 1. The summed E-state index contributed by atoms with van der Waals surface area (Å²) in [6, 6.07) is 68.9. The monoisotopic (exact) mass is 625 g/mol. The number of nitrogen functional groups attached to an aromatic ring is 1. The van der Waals surface area contributed by atoms with E-state index in [-0.39, 0.29) is 0 Å². The quantitative estimate of drug-likeness (QED) is 0.111. The fourth-order valence-electron chi connectivity index (χ4n) is 6.64. The lowest BCUT2D eigenvalue weighted by molar-refractivity contribution is 0.809. The molecule has 0 radical (unpaired) electrons. The van der Waals surface area contributed by atoms with Crippen molar-refractivity contribution in [2.24, 2.45) is 0 Å². The van der Waals surface area contributed by atoms with E-state index in [1.54, 1.807) is 0 Å². The molecule has 1 heteroatoms. The predicted octanol–water partition coefficient (Wildman–Crippen LogP) is 10.0. The first-order valence-electron chi connectivity index (χ1n) is 16.5. The van der Waals surface area contributed by atoms with Crippen molar-refractivity contribution in [2.75, 3.05) is 5.73 Å². The highest BCUT2D eigenvalue weighted by Gasteiger charge is 2.35. The van der Waals surface area contributed by atoms with Crippen LogP contribution in [0.25, 0.3) is 0 Å². The van der Waals surface area contributed by atoms with E-state index in [2.05, 4.69) is 169 Å². The van der Waals surface area contributed by atoms with Gasteiger partial charge in [-0.3, -0.25) is 0 Å². The summed E-state index contributed by atoms with van der Waals surface area (Å²) in [5.74, 6) is 14.5. The van der Waals surface area contributed by atoms with Crippen LogP contribution in [0.5, 0.6) is 0 Å². The van der Waals surface area contributed by atoms with Gasteiger partial charge < -0.3 is 5.73 Å². The van der Waals surface area contributed by atoms with E-state index in [0.29, 0.717) is 5.69 Å². The molecule has 2 N–H and O–H groups in total. The van der Waals surface area contributed by atoms with Crippen molar-refractivity contribution in [3.8, 4) is 23.7 Å². The minimum Gasteiger partial charge on any atom is -0.398 e. The Labute approximate surface area is 289 Å². The number of benzene rings is 7. The van der Waals surface area contributed by atoms with E-state index < -0.39 is 10.8 Å². The number of hydrogen-bond acceptors (Lipinski definition) is 1. The van der Waals surface area contributed by atoms with Crippen LogP contribution in [0.3, 0.4) is 0 Å². The highest BCUT2D eigenvalue weighted by atomic mass is 14.6. The fourth-order valence-corrected chi connectivity index (χ4v) is 6.64. The maximum Gasteiger partial charge on any atom is 0.107 e. The molecule has 0 aliphatic carbocycles. The Morgan fingerprint density at radius 3 is 0.898 bits per heavy atom. The Balaban J connectivity index is 1.35. The molecule has 0 saturated carbocycles. The standard InChI is InChI=1S/C48H35N/c49-46-37-38(33-35-47(40-19-7-1-8-20-40,41-21-9-2-10-22-41)42-23-11-3-12-24-42)31-32-39(46)34-36-48(43-25-13-4-14-26-43,44-27-15-5-16-28-44)45-29-17-6-18-30-45/h1-32,37H,49H2. The molecule has 7 rings (SSSR count). The third kappa shape index (κ3) is 6.15. The van der Waals surface area contributed by atoms with Crippen molar-refractivity contribution in [3.63, 3.8) is 0 Å². The Hall–Kier alpha value is -6.54. The third-order valence-corrected chi connectivity index (χ3v) is 9.07. The smallest absolute Gasteiger partial charge is 0.107 e. The summed E-state index contributed by atoms with van der Waals surface area (Å²) in [5, 5.41) is 0. The first-order valence-corrected chi connectivity index (χ1v) is 16.5. The van der Waals surface area contributed by atoms with Gasteiger partial charge >= 0.3 is 0 Å². The van der Waals surface area contributed by atoms with Crippen molar-refractivity contribution in [1.29, 1.82) is 0 Å². The van der Waals surface area contributed by atoms with Gasteiger partial charge in [-0.05, 0) is 51.6 Å². The molecule has 0 aliphatic heterocycles. The molecule has 0 aromatic heterocycles. The van der Waals surface area contributed by atoms with Gasteiger partial charge in [-0.2, -0.15) is 0 Å². The van der Waals surface area contributed by atoms with E-state index in [9.17, 15) is 0 Å². The fraction of sp³-hybridized carbons (Fsp3) is 0.0417. The number of nitrogens with two attached hydrogens (primary N) is 1. The van der Waals surface area contributed by atoms with Crippen LogP contribution in [0, 0.1) is 23.7 Å². The topological polar surface area (TPSA) is 26.0 Å². The molecule has 0 fully saturated rings. The zero-order chi connectivity index (χ0) is 33.4. The molecule has 0 aliphatic rings. The van der Waals surface area contributed by atoms with Crippen LogP contribution in [-0.2, 0) is 10.8 Å². The van der Waals surface area contributed by atoms with Gasteiger partial charge in [0.2, 0.25) is 0 Å². The minimum absolute atomic E-state index is 0.590. The molecule has 232 valence electrons. The Morgan fingerprint density at radius 2 is 0.612 bits per heavy atom. The average Bonchev–Trinajstić information content (AvgIpc) is 3.18. The van der Waals surface area contributed by atoms with Crippen LogP contribution in [0.15, 0.2) is 200 Å². The van der Waals surface area contributed by atoms with Crippen molar-refractivity contribution < 1.29 is 0 Å². The maximum absolute atomic E-state index is 6.77. The molecule has 49 heavy (non-hydrogen) atoms. The zero-order valence-corrected chi connectivity index (χ0v) is 27.1. The molecular formula is C48H35N. The maximum atomic E-state index is 6.77. The van der Waals surface area contributed by atoms with Crippen molar-refractivity contribution >= 4 is 5.69 Å². The van der Waals surface area contributed by atoms with E-state index in [1.807, 2.05) is 54.6 Å². The molecular weight excluding hydrogens is 591 g/mol. The highest BCUT2D eigenvalue weighted by molar-refractivity contribution is 5.66. The minimum atomic E-state index is -0.699. The molecule has 7 aromatic rings. The van der Waals surface area contributed by atoms with Gasteiger partial charge in [0.1, 0.15) is 10.8 Å². The van der Waals surface area contributed by atoms with E-state index >= 15 is 0 Å². The molecule has 0 atom stereocenters. The second-order valence-corrected chi connectivity index (χ2v) is 12.0. The molecule has 0 heterocycles. The van der Waals surface area contributed by atoms with Crippen molar-refractivity contribution in [2.45, 2.75) is 10.8 Å². The zero-order valence-electron chi connectivity index (χ0n) is 27.1. The van der Waals surface area contributed by atoms with Gasteiger partial charge in [0.15, 0.2) is 0 Å². The Bertz CT molecular complexity index is 2060. The SMILES string of the molecule is Nc1cc(C#CC(c2ccccc2)(c2ccccc2)c2ccccc2)ccc1C#CC(c1ccccc1)(c1ccccc1)c1ccccc1. The lowest BCUT2D eigenvalue weighted by Gasteiger charge is -2.31. The summed E-state index contributed by atoms with van der Waals surface area (Å²) in [5.41, 5.74) is 14.2.